The van der Waals surface area contributed by atoms with Crippen LogP contribution in [-0.2, 0) is 16.7 Å². The quantitative estimate of drug-likeness (QED) is 0.726. The van der Waals surface area contributed by atoms with Crippen LogP contribution in [0.3, 0.4) is 0 Å². The first-order chi connectivity index (χ1) is 11.9. The lowest BCUT2D eigenvalue weighted by Gasteiger charge is -2.17. The summed E-state index contributed by atoms with van der Waals surface area (Å²) in [6, 6.07) is 15.7. The third-order valence-corrected chi connectivity index (χ3v) is 4.71. The van der Waals surface area contributed by atoms with Crippen molar-refractivity contribution in [2.24, 2.45) is 0 Å². The Morgan fingerprint density at radius 1 is 1.08 bits per heavy atom. The van der Waals surface area contributed by atoms with Gasteiger partial charge in [-0.3, -0.25) is 4.79 Å². The number of nitrogens with one attached hydrogen (secondary N) is 1. The summed E-state index contributed by atoms with van der Waals surface area (Å²) >= 11 is 0. The Labute approximate surface area is 148 Å². The minimum atomic E-state index is -3.64. The molecular weight excluding hydrogens is 340 g/mol. The van der Waals surface area contributed by atoms with Gasteiger partial charge in [0.2, 0.25) is 0 Å². The zero-order chi connectivity index (χ0) is 18.3. The molecule has 0 aliphatic rings. The van der Waals surface area contributed by atoms with Crippen LogP contribution in [0.5, 0.6) is 5.75 Å². The molecule has 2 aromatic rings. The lowest BCUT2D eigenvalue weighted by molar-refractivity contribution is 0.0963. The molecule has 6 nitrogen and oxygen atoms in total. The van der Waals surface area contributed by atoms with E-state index >= 15 is 0 Å². The van der Waals surface area contributed by atoms with E-state index in [0.29, 0.717) is 24.4 Å². The highest BCUT2D eigenvalue weighted by Crippen LogP contribution is 2.12. The number of nitrogens with zero attached hydrogens (tertiary/aromatic N) is 1. The maximum absolute atomic E-state index is 12.0. The largest absolute Gasteiger partial charge is 0.382 e. The van der Waals surface area contributed by atoms with Gasteiger partial charge in [-0.1, -0.05) is 30.3 Å². The van der Waals surface area contributed by atoms with Crippen molar-refractivity contribution in [2.75, 3.05) is 26.4 Å². The summed E-state index contributed by atoms with van der Waals surface area (Å²) < 4.78 is 29.1. The average molecular weight is 362 g/mol. The number of carbonyl (C=O) groups excluding carboxylic acids is 1. The fraction of sp³-hybridized carbons (Fsp3) is 0.278. The number of benzene rings is 2. The predicted octanol–water partition coefficient (Wildman–Crippen LogP) is 1.89. The van der Waals surface area contributed by atoms with E-state index < -0.39 is 10.1 Å². The van der Waals surface area contributed by atoms with Gasteiger partial charge in [0.25, 0.3) is 5.91 Å². The maximum atomic E-state index is 12.0. The highest BCUT2D eigenvalue weighted by Gasteiger charge is 2.14. The molecule has 2 aromatic carbocycles. The smallest absolute Gasteiger partial charge is 0.310 e. The molecule has 0 radical (unpaired) electrons. The summed E-state index contributed by atoms with van der Waals surface area (Å²) in [6.07, 6.45) is 0. The molecule has 0 fully saturated rings. The Kier molecular flexibility index (Phi) is 6.55. The third kappa shape index (κ3) is 6.21. The third-order valence-electron chi connectivity index (χ3n) is 3.59. The number of amides is 1. The van der Waals surface area contributed by atoms with E-state index in [4.69, 9.17) is 4.18 Å². The molecule has 0 bridgehead atoms. The van der Waals surface area contributed by atoms with Crippen LogP contribution < -0.4 is 9.50 Å². The molecule has 1 amide bonds. The van der Waals surface area contributed by atoms with E-state index in [0.717, 1.165) is 5.56 Å². The van der Waals surface area contributed by atoms with Gasteiger partial charge in [-0.2, -0.15) is 8.42 Å². The van der Waals surface area contributed by atoms with Crippen molar-refractivity contribution in [3.63, 3.8) is 0 Å². The van der Waals surface area contributed by atoms with E-state index in [1.165, 1.54) is 0 Å². The first kappa shape index (κ1) is 19.0. The predicted molar refractivity (Wildman–Crippen MR) is 97.0 cm³/mol. The topological polar surface area (TPSA) is 75.7 Å². The summed E-state index contributed by atoms with van der Waals surface area (Å²) in [5.41, 5.74) is 1.59. The molecule has 0 heterocycles. The van der Waals surface area contributed by atoms with Crippen molar-refractivity contribution in [3.05, 3.63) is 65.7 Å². The molecule has 1 N–H and O–H groups in total. The van der Waals surface area contributed by atoms with E-state index in [1.54, 1.807) is 49.5 Å². The van der Waals surface area contributed by atoms with Crippen LogP contribution in [0.25, 0.3) is 0 Å². The lowest BCUT2D eigenvalue weighted by atomic mass is 10.1. The second-order valence-electron chi connectivity index (χ2n) is 5.67. The summed E-state index contributed by atoms with van der Waals surface area (Å²) in [7, 11) is -0.215. The SMILES string of the molecule is CNC(=O)c1ccc(CN(C)CCS(=O)(=O)Oc2ccccc2)cc1. The van der Waals surface area contributed by atoms with E-state index in [9.17, 15) is 13.2 Å². The highest BCUT2D eigenvalue weighted by atomic mass is 32.2. The van der Waals surface area contributed by atoms with Gasteiger partial charge in [0.05, 0.1) is 5.75 Å². The Hall–Kier alpha value is -2.38. The Morgan fingerprint density at radius 3 is 2.32 bits per heavy atom. The second-order valence-corrected chi connectivity index (χ2v) is 7.36. The van der Waals surface area contributed by atoms with Crippen LogP contribution in [-0.4, -0.2) is 45.6 Å². The van der Waals surface area contributed by atoms with Gasteiger partial charge in [-0.25, -0.2) is 0 Å². The first-order valence-corrected chi connectivity index (χ1v) is 9.44. The number of hydrogen-bond donors (Lipinski definition) is 1. The molecule has 0 aromatic heterocycles. The zero-order valence-electron chi connectivity index (χ0n) is 14.3. The van der Waals surface area contributed by atoms with Crippen LogP contribution in [0.4, 0.5) is 0 Å². The molecule has 0 saturated heterocycles. The van der Waals surface area contributed by atoms with Crippen molar-refractivity contribution in [2.45, 2.75) is 6.54 Å². The number of hydrogen-bond acceptors (Lipinski definition) is 5. The van der Waals surface area contributed by atoms with Gasteiger partial charge < -0.3 is 14.4 Å². The average Bonchev–Trinajstić information content (AvgIpc) is 2.60. The zero-order valence-corrected chi connectivity index (χ0v) is 15.1. The lowest BCUT2D eigenvalue weighted by Crippen LogP contribution is -2.27. The van der Waals surface area contributed by atoms with Gasteiger partial charge in [0.1, 0.15) is 5.75 Å². The molecule has 2 rings (SSSR count). The molecule has 0 aliphatic heterocycles. The highest BCUT2D eigenvalue weighted by molar-refractivity contribution is 7.87. The molecule has 134 valence electrons. The number of rotatable bonds is 8. The fourth-order valence-electron chi connectivity index (χ4n) is 2.23. The Morgan fingerprint density at radius 2 is 1.72 bits per heavy atom. The van der Waals surface area contributed by atoms with Crippen LogP contribution in [0.2, 0.25) is 0 Å². The molecule has 25 heavy (non-hydrogen) atoms. The summed E-state index contributed by atoms with van der Waals surface area (Å²) in [6.45, 7) is 0.918. The van der Waals surface area contributed by atoms with Gasteiger partial charge >= 0.3 is 10.1 Å². The van der Waals surface area contributed by atoms with Crippen molar-refractivity contribution < 1.29 is 17.4 Å². The van der Waals surface area contributed by atoms with Gasteiger partial charge in [0, 0.05) is 25.7 Å². The van der Waals surface area contributed by atoms with Crippen LogP contribution >= 0.6 is 0 Å². The van der Waals surface area contributed by atoms with Crippen LogP contribution in [0.15, 0.2) is 54.6 Å². The van der Waals surface area contributed by atoms with Crippen LogP contribution in [0, 0.1) is 0 Å². The maximum Gasteiger partial charge on any atom is 0.310 e. The summed E-state index contributed by atoms with van der Waals surface area (Å²) in [4.78, 5) is 13.4. The first-order valence-electron chi connectivity index (χ1n) is 7.86. The van der Waals surface area contributed by atoms with Crippen LogP contribution in [0.1, 0.15) is 15.9 Å². The minimum absolute atomic E-state index is 0.102. The fourth-order valence-corrected chi connectivity index (χ4v) is 3.25. The summed E-state index contributed by atoms with van der Waals surface area (Å²) in [5, 5.41) is 2.57. The van der Waals surface area contributed by atoms with Gasteiger partial charge in [-0.15, -0.1) is 0 Å². The Balaban J connectivity index is 1.85. The number of carbonyl (C=O) groups is 1. The monoisotopic (exact) mass is 362 g/mol. The van der Waals surface area contributed by atoms with Crippen molar-refractivity contribution in [3.8, 4) is 5.75 Å². The van der Waals surface area contributed by atoms with Crippen molar-refractivity contribution in [1.82, 2.24) is 10.2 Å². The van der Waals surface area contributed by atoms with Gasteiger partial charge in [0.15, 0.2) is 0 Å². The molecule has 0 spiro atoms. The van der Waals surface area contributed by atoms with Crippen molar-refractivity contribution in [1.29, 1.82) is 0 Å². The Bertz CT molecular complexity index is 790. The molecule has 7 heteroatoms. The van der Waals surface area contributed by atoms with Crippen molar-refractivity contribution >= 4 is 16.0 Å². The van der Waals surface area contributed by atoms with E-state index in [1.807, 2.05) is 24.1 Å². The molecule has 0 aliphatic carbocycles. The molecule has 0 atom stereocenters. The summed E-state index contributed by atoms with van der Waals surface area (Å²) in [5.74, 6) is 0.0772. The molecule has 0 saturated carbocycles. The standard InChI is InChI=1S/C18H22N2O4S/c1-19-18(21)16-10-8-15(9-11-16)14-20(2)12-13-25(22,23)24-17-6-4-3-5-7-17/h3-11H,12-14H2,1-2H3,(H,19,21). The number of para-hydroxylation sites is 1. The van der Waals surface area contributed by atoms with E-state index in [2.05, 4.69) is 5.32 Å². The molecular formula is C18H22N2O4S. The normalized spacial score (nSPS) is 11.3. The second kappa shape index (κ2) is 8.64. The van der Waals surface area contributed by atoms with E-state index in [-0.39, 0.29) is 11.7 Å². The minimum Gasteiger partial charge on any atom is -0.382 e. The van der Waals surface area contributed by atoms with Gasteiger partial charge in [-0.05, 0) is 36.9 Å². The molecule has 0 unspecified atom stereocenters.